The summed E-state index contributed by atoms with van der Waals surface area (Å²) in [6.07, 6.45) is 3.10. The molecule has 0 aliphatic carbocycles. The van der Waals surface area contributed by atoms with Gasteiger partial charge in [-0.15, -0.1) is 0 Å². The van der Waals surface area contributed by atoms with Crippen LogP contribution in [0.4, 0.5) is 0 Å². The van der Waals surface area contributed by atoms with Gasteiger partial charge in [0.05, 0.1) is 6.26 Å². The van der Waals surface area contributed by atoms with Gasteiger partial charge in [0.15, 0.2) is 5.76 Å². The summed E-state index contributed by atoms with van der Waals surface area (Å²) in [5.41, 5.74) is 0. The summed E-state index contributed by atoms with van der Waals surface area (Å²) in [5, 5.41) is 5.62. The Bertz CT molecular complexity index is 584. The lowest BCUT2D eigenvalue weighted by Gasteiger charge is -2.43. The molecule has 3 unspecified atom stereocenters. The van der Waals surface area contributed by atoms with Gasteiger partial charge in [0.2, 0.25) is 11.8 Å². The quantitative estimate of drug-likeness (QED) is 0.839. The van der Waals surface area contributed by atoms with Gasteiger partial charge in [0.25, 0.3) is 5.91 Å². The Balaban J connectivity index is 1.65. The third-order valence-electron chi connectivity index (χ3n) is 4.29. The standard InChI is InChI=1S/C15H19N3O4/c1-2-10-15(21)18-6-5-9(8-11(18)13(19)17-10)16-14(20)12-4-3-7-22-12/h3-4,7,9-11H,2,5-6,8H2,1H3,(H,16,20)(H,17,19). The van der Waals surface area contributed by atoms with E-state index in [0.29, 0.717) is 25.8 Å². The first-order chi connectivity index (χ1) is 10.6. The molecule has 0 aromatic carbocycles. The number of nitrogens with one attached hydrogen (secondary N) is 2. The zero-order valence-corrected chi connectivity index (χ0v) is 12.4. The second-order valence-electron chi connectivity index (χ2n) is 5.69. The number of piperazine rings is 1. The second kappa shape index (κ2) is 5.82. The molecule has 3 heterocycles. The van der Waals surface area contributed by atoms with Gasteiger partial charge < -0.3 is 20.0 Å². The molecule has 2 N–H and O–H groups in total. The van der Waals surface area contributed by atoms with Crippen molar-refractivity contribution in [3.05, 3.63) is 24.2 Å². The van der Waals surface area contributed by atoms with Crippen LogP contribution in [0.15, 0.2) is 22.8 Å². The van der Waals surface area contributed by atoms with Crippen LogP contribution in [0.25, 0.3) is 0 Å². The summed E-state index contributed by atoms with van der Waals surface area (Å²) < 4.78 is 5.05. The van der Waals surface area contributed by atoms with Crippen molar-refractivity contribution < 1.29 is 18.8 Å². The van der Waals surface area contributed by atoms with Gasteiger partial charge in [0, 0.05) is 12.6 Å². The van der Waals surface area contributed by atoms with Crippen molar-refractivity contribution in [2.75, 3.05) is 6.54 Å². The van der Waals surface area contributed by atoms with Crippen molar-refractivity contribution in [2.45, 2.75) is 44.3 Å². The van der Waals surface area contributed by atoms with Crippen LogP contribution >= 0.6 is 0 Å². The molecule has 7 heteroatoms. The largest absolute Gasteiger partial charge is 0.459 e. The Labute approximate surface area is 128 Å². The molecule has 0 bridgehead atoms. The smallest absolute Gasteiger partial charge is 0.287 e. The van der Waals surface area contributed by atoms with Crippen LogP contribution in [0, 0.1) is 0 Å². The van der Waals surface area contributed by atoms with E-state index in [-0.39, 0.29) is 29.5 Å². The predicted octanol–water partition coefficient (Wildman–Crippen LogP) is 0.277. The number of fused-ring (bicyclic) bond motifs is 1. The Morgan fingerprint density at radius 1 is 1.50 bits per heavy atom. The minimum atomic E-state index is -0.494. The molecule has 2 aliphatic heterocycles. The Morgan fingerprint density at radius 2 is 2.32 bits per heavy atom. The summed E-state index contributed by atoms with van der Waals surface area (Å²) in [4.78, 5) is 38.1. The van der Waals surface area contributed by atoms with E-state index in [1.165, 1.54) is 6.26 Å². The maximum absolute atomic E-state index is 12.3. The molecule has 2 saturated heterocycles. The lowest BCUT2D eigenvalue weighted by atomic mass is 9.92. The Hall–Kier alpha value is -2.31. The maximum Gasteiger partial charge on any atom is 0.287 e. The van der Waals surface area contributed by atoms with Crippen molar-refractivity contribution in [1.29, 1.82) is 0 Å². The van der Waals surface area contributed by atoms with Crippen LogP contribution in [-0.2, 0) is 9.59 Å². The molecule has 1 aromatic rings. The minimum absolute atomic E-state index is 0.0251. The van der Waals surface area contributed by atoms with Crippen molar-refractivity contribution in [3.63, 3.8) is 0 Å². The van der Waals surface area contributed by atoms with E-state index in [2.05, 4.69) is 10.6 Å². The van der Waals surface area contributed by atoms with E-state index in [0.717, 1.165) is 0 Å². The molecule has 3 atom stereocenters. The van der Waals surface area contributed by atoms with Gasteiger partial charge in [-0.05, 0) is 31.4 Å². The first kappa shape index (κ1) is 14.6. The monoisotopic (exact) mass is 305 g/mol. The number of hydrogen-bond donors (Lipinski definition) is 2. The molecule has 0 spiro atoms. The zero-order chi connectivity index (χ0) is 15.7. The summed E-state index contributed by atoms with van der Waals surface area (Å²) >= 11 is 0. The van der Waals surface area contributed by atoms with Crippen LogP contribution in [-0.4, -0.2) is 47.3 Å². The molecule has 2 aliphatic rings. The number of amides is 3. The highest BCUT2D eigenvalue weighted by atomic mass is 16.3. The fraction of sp³-hybridized carbons (Fsp3) is 0.533. The molecule has 0 saturated carbocycles. The van der Waals surface area contributed by atoms with Gasteiger partial charge in [-0.1, -0.05) is 6.92 Å². The summed E-state index contributed by atoms with van der Waals surface area (Å²) in [6, 6.07) is 2.18. The SMILES string of the molecule is CCC1NC(=O)C2CC(NC(=O)c3ccco3)CCN2C1=O. The highest BCUT2D eigenvalue weighted by Gasteiger charge is 2.43. The van der Waals surface area contributed by atoms with Crippen LogP contribution in [0.1, 0.15) is 36.7 Å². The van der Waals surface area contributed by atoms with Gasteiger partial charge >= 0.3 is 0 Å². The zero-order valence-electron chi connectivity index (χ0n) is 12.4. The number of carbonyl (C=O) groups is 3. The third-order valence-corrected chi connectivity index (χ3v) is 4.29. The molecule has 1 aromatic heterocycles. The maximum atomic E-state index is 12.3. The Kier molecular flexibility index (Phi) is 3.87. The van der Waals surface area contributed by atoms with Crippen molar-refractivity contribution in [1.82, 2.24) is 15.5 Å². The van der Waals surface area contributed by atoms with Gasteiger partial charge in [-0.2, -0.15) is 0 Å². The van der Waals surface area contributed by atoms with E-state index in [9.17, 15) is 14.4 Å². The molecule has 2 fully saturated rings. The van der Waals surface area contributed by atoms with E-state index >= 15 is 0 Å². The van der Waals surface area contributed by atoms with E-state index in [1.807, 2.05) is 6.92 Å². The average molecular weight is 305 g/mol. The fourth-order valence-corrected chi connectivity index (χ4v) is 3.08. The average Bonchev–Trinajstić information content (AvgIpc) is 3.05. The lowest BCUT2D eigenvalue weighted by Crippen LogP contribution is -2.66. The number of hydrogen-bond acceptors (Lipinski definition) is 4. The predicted molar refractivity (Wildman–Crippen MR) is 76.9 cm³/mol. The molecule has 118 valence electrons. The van der Waals surface area contributed by atoms with Crippen molar-refractivity contribution in [2.24, 2.45) is 0 Å². The number of rotatable bonds is 3. The number of piperidine rings is 1. The number of carbonyl (C=O) groups excluding carboxylic acids is 3. The molecular weight excluding hydrogens is 286 g/mol. The normalized spacial score (nSPS) is 28.0. The minimum Gasteiger partial charge on any atom is -0.459 e. The molecule has 3 rings (SSSR count). The van der Waals surface area contributed by atoms with Crippen LogP contribution < -0.4 is 10.6 Å². The van der Waals surface area contributed by atoms with Crippen LogP contribution in [0.2, 0.25) is 0 Å². The number of furan rings is 1. The summed E-state index contributed by atoms with van der Waals surface area (Å²) in [5.74, 6) is -0.207. The van der Waals surface area contributed by atoms with Crippen LogP contribution in [0.5, 0.6) is 0 Å². The summed E-state index contributed by atoms with van der Waals surface area (Å²) in [7, 11) is 0. The molecule has 3 amide bonds. The Morgan fingerprint density at radius 3 is 3.00 bits per heavy atom. The first-order valence-corrected chi connectivity index (χ1v) is 7.55. The fourth-order valence-electron chi connectivity index (χ4n) is 3.08. The van der Waals surface area contributed by atoms with Crippen molar-refractivity contribution >= 4 is 17.7 Å². The number of nitrogens with zero attached hydrogens (tertiary/aromatic N) is 1. The summed E-state index contributed by atoms with van der Waals surface area (Å²) in [6.45, 7) is 2.36. The highest BCUT2D eigenvalue weighted by molar-refractivity contribution is 5.97. The van der Waals surface area contributed by atoms with Gasteiger partial charge in [-0.25, -0.2) is 0 Å². The highest BCUT2D eigenvalue weighted by Crippen LogP contribution is 2.23. The van der Waals surface area contributed by atoms with Crippen LogP contribution in [0.3, 0.4) is 0 Å². The van der Waals surface area contributed by atoms with Crippen molar-refractivity contribution in [3.8, 4) is 0 Å². The van der Waals surface area contributed by atoms with E-state index < -0.39 is 12.1 Å². The molecular formula is C15H19N3O4. The third kappa shape index (κ3) is 2.58. The first-order valence-electron chi connectivity index (χ1n) is 7.55. The second-order valence-corrected chi connectivity index (χ2v) is 5.69. The van der Waals surface area contributed by atoms with Gasteiger partial charge in [0.1, 0.15) is 12.1 Å². The lowest BCUT2D eigenvalue weighted by molar-refractivity contribution is -0.151. The van der Waals surface area contributed by atoms with E-state index in [1.54, 1.807) is 17.0 Å². The topological polar surface area (TPSA) is 91.7 Å². The van der Waals surface area contributed by atoms with Gasteiger partial charge in [-0.3, -0.25) is 14.4 Å². The molecule has 0 radical (unpaired) electrons. The molecule has 7 nitrogen and oxygen atoms in total. The molecule has 22 heavy (non-hydrogen) atoms. The van der Waals surface area contributed by atoms with E-state index in [4.69, 9.17) is 4.42 Å².